The molecule has 0 radical (unpaired) electrons. The summed E-state index contributed by atoms with van der Waals surface area (Å²) in [6.07, 6.45) is 1.46. The summed E-state index contributed by atoms with van der Waals surface area (Å²) < 4.78 is 11.0. The normalized spacial score (nSPS) is 12.6. The fourth-order valence-electron chi connectivity index (χ4n) is 1.42. The minimum absolute atomic E-state index is 0.218. The third-order valence-electron chi connectivity index (χ3n) is 2.58. The minimum atomic E-state index is -0.451. The van der Waals surface area contributed by atoms with Crippen LogP contribution in [-0.2, 0) is 9.47 Å². The van der Waals surface area contributed by atoms with E-state index in [2.05, 4.69) is 19.2 Å². The Hall–Kier alpha value is -0.770. The largest absolute Gasteiger partial charge is 0.444 e. The molecule has 1 amide bonds. The molecule has 0 heterocycles. The van der Waals surface area contributed by atoms with Gasteiger partial charge in [-0.3, -0.25) is 0 Å². The van der Waals surface area contributed by atoms with Gasteiger partial charge in [0.05, 0.1) is 5.60 Å². The van der Waals surface area contributed by atoms with Crippen molar-refractivity contribution in [1.29, 1.82) is 0 Å². The third kappa shape index (κ3) is 12.0. The van der Waals surface area contributed by atoms with Crippen LogP contribution in [0.15, 0.2) is 0 Å². The van der Waals surface area contributed by atoms with E-state index in [1.807, 2.05) is 34.6 Å². The Morgan fingerprint density at radius 1 is 1.16 bits per heavy atom. The van der Waals surface area contributed by atoms with Gasteiger partial charge in [0.2, 0.25) is 0 Å². The summed E-state index contributed by atoms with van der Waals surface area (Å²) in [5, 5.41) is 2.75. The smallest absolute Gasteiger partial charge is 0.407 e. The van der Waals surface area contributed by atoms with Crippen molar-refractivity contribution in [1.82, 2.24) is 5.32 Å². The predicted octanol–water partition coefficient (Wildman–Crippen LogP) is 3.74. The van der Waals surface area contributed by atoms with E-state index >= 15 is 0 Å². The van der Waals surface area contributed by atoms with Crippen molar-refractivity contribution in [3.8, 4) is 0 Å². The first-order chi connectivity index (χ1) is 8.52. The SMILES string of the molecule is CC(C)CCOC(C)(C)CCNC(=O)OC(C)(C)C. The van der Waals surface area contributed by atoms with Gasteiger partial charge in [-0.05, 0) is 53.4 Å². The Bertz CT molecular complexity index is 267. The number of hydrogen-bond donors (Lipinski definition) is 1. The lowest BCUT2D eigenvalue weighted by Gasteiger charge is -2.26. The second-order valence-corrected chi connectivity index (χ2v) is 6.97. The van der Waals surface area contributed by atoms with Crippen molar-refractivity contribution in [2.75, 3.05) is 13.2 Å². The molecule has 0 aliphatic carbocycles. The topological polar surface area (TPSA) is 47.6 Å². The molecule has 0 aliphatic rings. The number of alkyl carbamates (subject to hydrolysis) is 1. The first-order valence-electron chi connectivity index (χ1n) is 7.13. The molecule has 0 rings (SSSR count). The summed E-state index contributed by atoms with van der Waals surface area (Å²) in [4.78, 5) is 11.5. The number of carbonyl (C=O) groups is 1. The highest BCUT2D eigenvalue weighted by Crippen LogP contribution is 2.15. The lowest BCUT2D eigenvalue weighted by atomic mass is 10.0. The fraction of sp³-hybridized carbons (Fsp3) is 0.933. The molecule has 0 aromatic carbocycles. The van der Waals surface area contributed by atoms with Gasteiger partial charge in [0.25, 0.3) is 0 Å². The van der Waals surface area contributed by atoms with Crippen molar-refractivity contribution in [3.05, 3.63) is 0 Å². The minimum Gasteiger partial charge on any atom is -0.444 e. The van der Waals surface area contributed by atoms with Gasteiger partial charge in [0, 0.05) is 13.2 Å². The van der Waals surface area contributed by atoms with E-state index in [0.29, 0.717) is 12.5 Å². The van der Waals surface area contributed by atoms with Gasteiger partial charge in [-0.25, -0.2) is 4.79 Å². The molecule has 0 saturated heterocycles. The standard InChI is InChI=1S/C15H31NO3/c1-12(2)8-11-18-15(6,7)9-10-16-13(17)19-14(3,4)5/h12H,8-11H2,1-7H3,(H,16,17). The zero-order valence-corrected chi connectivity index (χ0v) is 13.6. The molecule has 0 aromatic heterocycles. The van der Waals surface area contributed by atoms with Crippen molar-refractivity contribution < 1.29 is 14.3 Å². The van der Waals surface area contributed by atoms with Crippen molar-refractivity contribution in [3.63, 3.8) is 0 Å². The van der Waals surface area contributed by atoms with Crippen LogP contribution in [-0.4, -0.2) is 30.4 Å². The summed E-state index contributed by atoms with van der Waals surface area (Å²) in [6, 6.07) is 0. The molecule has 0 aliphatic heterocycles. The zero-order chi connectivity index (χ0) is 15.1. The molecule has 0 aromatic rings. The summed E-state index contributed by atoms with van der Waals surface area (Å²) in [6.45, 7) is 15.3. The van der Waals surface area contributed by atoms with Crippen LogP contribution in [0.3, 0.4) is 0 Å². The molecule has 4 nitrogen and oxygen atoms in total. The molecule has 1 N–H and O–H groups in total. The van der Waals surface area contributed by atoms with E-state index in [1.54, 1.807) is 0 Å². The molecule has 0 unspecified atom stereocenters. The van der Waals surface area contributed by atoms with Gasteiger partial charge in [-0.1, -0.05) is 13.8 Å². The maximum Gasteiger partial charge on any atom is 0.407 e. The zero-order valence-electron chi connectivity index (χ0n) is 13.6. The predicted molar refractivity (Wildman–Crippen MR) is 78.3 cm³/mol. The number of ether oxygens (including phenoxy) is 2. The maximum atomic E-state index is 11.5. The van der Waals surface area contributed by atoms with E-state index in [9.17, 15) is 4.79 Å². The molecular weight excluding hydrogens is 242 g/mol. The van der Waals surface area contributed by atoms with Gasteiger partial charge in [-0.15, -0.1) is 0 Å². The van der Waals surface area contributed by atoms with Crippen molar-refractivity contribution in [2.24, 2.45) is 5.92 Å². The Balaban J connectivity index is 3.82. The average molecular weight is 273 g/mol. The first kappa shape index (κ1) is 18.2. The summed E-state index contributed by atoms with van der Waals surface area (Å²) in [5.74, 6) is 0.649. The number of amides is 1. The molecule has 0 bridgehead atoms. The van der Waals surface area contributed by atoms with Gasteiger partial charge < -0.3 is 14.8 Å². The maximum absolute atomic E-state index is 11.5. The van der Waals surface area contributed by atoms with Crippen LogP contribution in [0.5, 0.6) is 0 Å². The summed E-state index contributed by atoms with van der Waals surface area (Å²) in [5.41, 5.74) is -0.669. The van der Waals surface area contributed by atoms with Crippen LogP contribution < -0.4 is 5.32 Å². The summed E-state index contributed by atoms with van der Waals surface area (Å²) in [7, 11) is 0. The molecule has 19 heavy (non-hydrogen) atoms. The highest BCUT2D eigenvalue weighted by molar-refractivity contribution is 5.67. The number of rotatable bonds is 7. The van der Waals surface area contributed by atoms with Gasteiger partial charge in [-0.2, -0.15) is 0 Å². The monoisotopic (exact) mass is 273 g/mol. The number of hydrogen-bond acceptors (Lipinski definition) is 3. The second kappa shape index (κ2) is 7.73. The third-order valence-corrected chi connectivity index (χ3v) is 2.58. The molecule has 4 heteroatoms. The van der Waals surface area contributed by atoms with Crippen LogP contribution in [0.1, 0.15) is 61.3 Å². The van der Waals surface area contributed by atoms with Crippen LogP contribution in [0, 0.1) is 5.92 Å². The number of carbonyl (C=O) groups excluding carboxylic acids is 1. The van der Waals surface area contributed by atoms with E-state index in [-0.39, 0.29) is 11.7 Å². The van der Waals surface area contributed by atoms with Crippen molar-refractivity contribution in [2.45, 2.75) is 72.5 Å². The average Bonchev–Trinajstić information content (AvgIpc) is 2.12. The Labute approximate surface area is 118 Å². The van der Waals surface area contributed by atoms with E-state index in [1.165, 1.54) is 0 Å². The Kier molecular flexibility index (Phi) is 7.42. The summed E-state index contributed by atoms with van der Waals surface area (Å²) >= 11 is 0. The van der Waals surface area contributed by atoms with E-state index < -0.39 is 5.60 Å². The van der Waals surface area contributed by atoms with Crippen LogP contribution >= 0.6 is 0 Å². The lowest BCUT2D eigenvalue weighted by Crippen LogP contribution is -2.36. The molecule has 0 fully saturated rings. The Morgan fingerprint density at radius 2 is 1.74 bits per heavy atom. The van der Waals surface area contributed by atoms with Gasteiger partial charge >= 0.3 is 6.09 Å². The molecule has 0 spiro atoms. The van der Waals surface area contributed by atoms with Crippen LogP contribution in [0.25, 0.3) is 0 Å². The van der Waals surface area contributed by atoms with Gasteiger partial charge in [0.1, 0.15) is 5.60 Å². The van der Waals surface area contributed by atoms with E-state index in [4.69, 9.17) is 9.47 Å². The number of nitrogens with one attached hydrogen (secondary N) is 1. The fourth-order valence-corrected chi connectivity index (χ4v) is 1.42. The van der Waals surface area contributed by atoms with E-state index in [0.717, 1.165) is 19.4 Å². The molecule has 114 valence electrons. The van der Waals surface area contributed by atoms with Crippen LogP contribution in [0.4, 0.5) is 4.79 Å². The second-order valence-electron chi connectivity index (χ2n) is 6.97. The lowest BCUT2D eigenvalue weighted by molar-refractivity contribution is -0.0275. The molecular formula is C15H31NO3. The van der Waals surface area contributed by atoms with Crippen molar-refractivity contribution >= 4 is 6.09 Å². The highest BCUT2D eigenvalue weighted by Gasteiger charge is 2.20. The quantitative estimate of drug-likeness (QED) is 0.768. The molecule has 0 atom stereocenters. The Morgan fingerprint density at radius 3 is 2.21 bits per heavy atom. The molecule has 0 saturated carbocycles. The highest BCUT2D eigenvalue weighted by atomic mass is 16.6. The first-order valence-corrected chi connectivity index (χ1v) is 7.13. The van der Waals surface area contributed by atoms with Gasteiger partial charge in [0.15, 0.2) is 0 Å². The van der Waals surface area contributed by atoms with Crippen LogP contribution in [0.2, 0.25) is 0 Å².